The van der Waals surface area contributed by atoms with Crippen molar-refractivity contribution in [1.82, 2.24) is 10.3 Å². The van der Waals surface area contributed by atoms with Gasteiger partial charge in [-0.15, -0.1) is 0 Å². The topological polar surface area (TPSA) is 54.5 Å². The van der Waals surface area contributed by atoms with E-state index in [1.165, 1.54) is 19.4 Å². The number of alkyl halides is 3. The number of nitrogens with one attached hydrogen (secondary N) is 1. The Labute approximate surface area is 169 Å². The van der Waals surface area contributed by atoms with Gasteiger partial charge in [-0.25, -0.2) is 0 Å². The van der Waals surface area contributed by atoms with Crippen molar-refractivity contribution in [2.24, 2.45) is 5.92 Å². The highest BCUT2D eigenvalue weighted by molar-refractivity contribution is 5.94. The third-order valence-corrected chi connectivity index (χ3v) is 4.82. The van der Waals surface area contributed by atoms with E-state index < -0.39 is 11.7 Å². The number of carbonyl (C=O) groups excluding carboxylic acids is 1. The van der Waals surface area contributed by atoms with Gasteiger partial charge in [-0.05, 0) is 36.6 Å². The van der Waals surface area contributed by atoms with Crippen LogP contribution in [-0.4, -0.2) is 43.7 Å². The molecule has 0 bridgehead atoms. The van der Waals surface area contributed by atoms with E-state index in [4.69, 9.17) is 0 Å². The highest BCUT2D eigenvalue weighted by Crippen LogP contribution is 2.38. The number of hydrogen-bond donors (Lipinski definition) is 1. The molecule has 0 radical (unpaired) electrons. The molecular formula is C21H28F3N3O2. The molecule has 2 atom stereocenters. The molecule has 2 heterocycles. The largest absolute Gasteiger partial charge is 0.468 e. The number of hydrogen-bond acceptors (Lipinski definition) is 5. The van der Waals surface area contributed by atoms with Crippen molar-refractivity contribution in [2.45, 2.75) is 39.4 Å². The van der Waals surface area contributed by atoms with Crippen LogP contribution in [0.5, 0.6) is 0 Å². The maximum atomic E-state index is 13.3. The summed E-state index contributed by atoms with van der Waals surface area (Å²) in [4.78, 5) is 17.4. The second kappa shape index (κ2) is 9.91. The first-order chi connectivity index (χ1) is 13.8. The minimum Gasteiger partial charge on any atom is -0.468 e. The van der Waals surface area contributed by atoms with Crippen LogP contribution in [0.25, 0.3) is 10.9 Å². The molecule has 0 aliphatic carbocycles. The predicted octanol–water partition coefficient (Wildman–Crippen LogP) is 4.26. The van der Waals surface area contributed by atoms with Gasteiger partial charge >= 0.3 is 12.1 Å². The lowest BCUT2D eigenvalue weighted by molar-refractivity contribution is -0.139. The lowest BCUT2D eigenvalue weighted by Gasteiger charge is -2.39. The van der Waals surface area contributed by atoms with Crippen molar-refractivity contribution in [3.63, 3.8) is 0 Å². The van der Waals surface area contributed by atoms with E-state index in [0.29, 0.717) is 17.8 Å². The fourth-order valence-corrected chi connectivity index (χ4v) is 3.66. The predicted molar refractivity (Wildman–Crippen MR) is 108 cm³/mol. The van der Waals surface area contributed by atoms with Crippen LogP contribution in [0.3, 0.4) is 0 Å². The van der Waals surface area contributed by atoms with Crippen molar-refractivity contribution < 1.29 is 22.7 Å². The molecule has 1 N–H and O–H groups in total. The molecule has 2 unspecified atom stereocenters. The Morgan fingerprint density at radius 3 is 2.66 bits per heavy atom. The van der Waals surface area contributed by atoms with Crippen LogP contribution in [-0.2, 0) is 15.7 Å². The summed E-state index contributed by atoms with van der Waals surface area (Å²) in [7, 11) is 1.33. The Morgan fingerprint density at radius 1 is 1.28 bits per heavy atom. The fourth-order valence-electron chi connectivity index (χ4n) is 3.66. The van der Waals surface area contributed by atoms with Crippen LogP contribution in [0, 0.1) is 5.92 Å². The minimum atomic E-state index is -4.45. The number of ether oxygens (including phenoxy) is 1. The molecule has 160 valence electrons. The smallest absolute Gasteiger partial charge is 0.418 e. The highest BCUT2D eigenvalue weighted by Gasteiger charge is 2.34. The number of aromatic nitrogens is 1. The molecule has 2 aromatic rings. The molecule has 1 aromatic heterocycles. The average molecular weight is 411 g/mol. The minimum absolute atomic E-state index is 0.0419. The Balaban J connectivity index is 0.00000145. The van der Waals surface area contributed by atoms with Gasteiger partial charge in [-0.1, -0.05) is 20.8 Å². The number of esters is 1. The van der Waals surface area contributed by atoms with Gasteiger partial charge in [0.25, 0.3) is 0 Å². The molecule has 1 saturated heterocycles. The van der Waals surface area contributed by atoms with Crippen LogP contribution in [0.15, 0.2) is 30.5 Å². The first-order valence-corrected chi connectivity index (χ1v) is 9.79. The average Bonchev–Trinajstić information content (AvgIpc) is 2.71. The third-order valence-electron chi connectivity index (χ3n) is 4.82. The van der Waals surface area contributed by atoms with Crippen molar-refractivity contribution in [1.29, 1.82) is 0 Å². The molecule has 1 aliphatic heterocycles. The van der Waals surface area contributed by atoms with E-state index >= 15 is 0 Å². The Kier molecular flexibility index (Phi) is 7.84. The van der Waals surface area contributed by atoms with Crippen molar-refractivity contribution in [3.05, 3.63) is 36.0 Å². The molecule has 1 aromatic carbocycles. The molecule has 8 heteroatoms. The van der Waals surface area contributed by atoms with Crippen LogP contribution in [0.1, 0.15) is 32.8 Å². The number of rotatable bonds is 4. The van der Waals surface area contributed by atoms with Gasteiger partial charge in [0.2, 0.25) is 0 Å². The quantitative estimate of drug-likeness (QED) is 0.762. The van der Waals surface area contributed by atoms with Crippen LogP contribution in [0.4, 0.5) is 18.9 Å². The molecule has 0 saturated carbocycles. The zero-order chi connectivity index (χ0) is 21.6. The van der Waals surface area contributed by atoms with Crippen molar-refractivity contribution in [2.75, 3.05) is 31.6 Å². The summed E-state index contributed by atoms with van der Waals surface area (Å²) < 4.78 is 44.6. The van der Waals surface area contributed by atoms with E-state index in [1.54, 1.807) is 12.1 Å². The Hall–Kier alpha value is -2.35. The number of fused-ring (bicyclic) bond motifs is 1. The number of anilines is 1. The maximum Gasteiger partial charge on any atom is 0.418 e. The van der Waals surface area contributed by atoms with E-state index in [1.807, 2.05) is 13.8 Å². The fraction of sp³-hybridized carbons (Fsp3) is 0.524. The van der Waals surface area contributed by atoms with Crippen molar-refractivity contribution >= 4 is 22.6 Å². The Bertz CT molecular complexity index is 826. The number of carbonyl (C=O) groups is 1. The first-order valence-electron chi connectivity index (χ1n) is 9.79. The summed E-state index contributed by atoms with van der Waals surface area (Å²) in [6, 6.07) is 5.97. The normalized spacial score (nSPS) is 19.5. The standard InChI is InChI=1S/C19H22F3N3O2.C2H6/c1-12-8-13(24-9-17(26)27-2)11-25(10-12)16-6-5-15(19(20,21)22)18-14(16)4-3-7-23-18;1-2/h3-7,12-13,24H,8-11H2,1-2H3;1-2H3. The van der Waals surface area contributed by atoms with E-state index in [9.17, 15) is 18.0 Å². The zero-order valence-corrected chi connectivity index (χ0v) is 17.2. The van der Waals surface area contributed by atoms with Gasteiger partial charge in [0, 0.05) is 36.4 Å². The summed E-state index contributed by atoms with van der Waals surface area (Å²) in [5.74, 6) is -0.0214. The third kappa shape index (κ3) is 5.59. The summed E-state index contributed by atoms with van der Waals surface area (Å²) in [5.41, 5.74) is -0.0467. The van der Waals surface area contributed by atoms with Gasteiger partial charge in [0.15, 0.2) is 0 Å². The van der Waals surface area contributed by atoms with E-state index in [2.05, 4.69) is 26.9 Å². The van der Waals surface area contributed by atoms with Gasteiger partial charge in [-0.2, -0.15) is 13.2 Å². The zero-order valence-electron chi connectivity index (χ0n) is 17.2. The van der Waals surface area contributed by atoms with E-state index in [0.717, 1.165) is 24.7 Å². The second-order valence-electron chi connectivity index (χ2n) is 6.93. The lowest BCUT2D eigenvalue weighted by Crippen LogP contribution is -2.50. The molecule has 29 heavy (non-hydrogen) atoms. The molecule has 1 fully saturated rings. The number of nitrogens with zero attached hydrogens (tertiary/aromatic N) is 2. The number of pyridine rings is 1. The van der Waals surface area contributed by atoms with Gasteiger partial charge in [0.1, 0.15) is 0 Å². The summed E-state index contributed by atoms with van der Waals surface area (Å²) in [5, 5.41) is 3.65. The molecule has 0 amide bonds. The molecule has 1 aliphatic rings. The molecule has 3 rings (SSSR count). The SMILES string of the molecule is CC.COC(=O)CNC1CC(C)CN(c2ccc(C(F)(F)F)c3ncccc23)C1. The molecule has 0 spiro atoms. The Morgan fingerprint density at radius 2 is 2.00 bits per heavy atom. The number of methoxy groups -OCH3 is 1. The van der Waals surface area contributed by atoms with E-state index in [-0.39, 0.29) is 24.1 Å². The second-order valence-corrected chi connectivity index (χ2v) is 6.93. The molecular weight excluding hydrogens is 383 g/mol. The summed E-state index contributed by atoms with van der Waals surface area (Å²) in [6.45, 7) is 7.52. The highest BCUT2D eigenvalue weighted by atomic mass is 19.4. The number of benzene rings is 1. The number of halogens is 3. The van der Waals surface area contributed by atoms with Crippen molar-refractivity contribution in [3.8, 4) is 0 Å². The monoisotopic (exact) mass is 411 g/mol. The van der Waals surface area contributed by atoms with Crippen LogP contribution in [0.2, 0.25) is 0 Å². The maximum absolute atomic E-state index is 13.3. The van der Waals surface area contributed by atoms with Gasteiger partial charge < -0.3 is 15.0 Å². The first kappa shape index (κ1) is 22.9. The van der Waals surface area contributed by atoms with Crippen LogP contribution >= 0.6 is 0 Å². The van der Waals surface area contributed by atoms with Crippen LogP contribution < -0.4 is 10.2 Å². The lowest BCUT2D eigenvalue weighted by atomic mass is 9.94. The summed E-state index contributed by atoms with van der Waals surface area (Å²) in [6.07, 6.45) is -2.20. The summed E-state index contributed by atoms with van der Waals surface area (Å²) >= 11 is 0. The van der Waals surface area contributed by atoms with Gasteiger partial charge in [-0.3, -0.25) is 9.78 Å². The number of piperidine rings is 1. The molecule has 5 nitrogen and oxygen atoms in total. The van der Waals surface area contributed by atoms with Gasteiger partial charge in [0.05, 0.1) is 24.7 Å².